The van der Waals surface area contributed by atoms with E-state index in [1.807, 2.05) is 0 Å². The van der Waals surface area contributed by atoms with Crippen molar-refractivity contribution in [2.75, 3.05) is 0 Å². The predicted molar refractivity (Wildman–Crippen MR) is 111 cm³/mol. The summed E-state index contributed by atoms with van der Waals surface area (Å²) in [6.45, 7) is 2.23. The van der Waals surface area contributed by atoms with Crippen LogP contribution in [0, 0.1) is 5.41 Å². The second-order valence-electron chi connectivity index (χ2n) is 7.98. The molecule has 1 unspecified atom stereocenters. The van der Waals surface area contributed by atoms with Crippen molar-refractivity contribution in [3.05, 3.63) is 0 Å². The third-order valence-corrected chi connectivity index (χ3v) is 5.59. The minimum Gasteiger partial charge on any atom is -0.480 e. The fraction of sp³-hybridized carbons (Fsp3) is 0.864. The molecule has 0 aromatic carbocycles. The number of aliphatic carboxylic acids is 3. The Morgan fingerprint density at radius 3 is 1.14 bits per heavy atom. The standard InChI is InChI=1S/C22H40O7/c1-2-3-4-5-6-7-8-9-10-11-12-13-14-15-16-17-18(23)22(19(24)25,20(26)27)21(28)29/h18,23H,2-17H2,1H3,(H,24,25)(H,26,27)(H,28,29). The molecule has 7 nitrogen and oxygen atoms in total. The Labute approximate surface area is 174 Å². The molecule has 7 heteroatoms. The van der Waals surface area contributed by atoms with Gasteiger partial charge in [0.1, 0.15) is 0 Å². The Hall–Kier alpha value is -1.63. The number of hydrogen-bond acceptors (Lipinski definition) is 4. The van der Waals surface area contributed by atoms with Crippen molar-refractivity contribution in [1.82, 2.24) is 0 Å². The van der Waals surface area contributed by atoms with Gasteiger partial charge in [0.15, 0.2) is 0 Å². The summed E-state index contributed by atoms with van der Waals surface area (Å²) in [6, 6.07) is 0. The number of aliphatic hydroxyl groups is 1. The zero-order valence-corrected chi connectivity index (χ0v) is 17.9. The summed E-state index contributed by atoms with van der Waals surface area (Å²) in [7, 11) is 0. The molecule has 29 heavy (non-hydrogen) atoms. The third kappa shape index (κ3) is 10.1. The van der Waals surface area contributed by atoms with Crippen molar-refractivity contribution < 1.29 is 34.8 Å². The fourth-order valence-electron chi connectivity index (χ4n) is 3.63. The molecule has 4 N–H and O–H groups in total. The fourth-order valence-corrected chi connectivity index (χ4v) is 3.63. The Balaban J connectivity index is 3.76. The first-order chi connectivity index (χ1) is 13.8. The van der Waals surface area contributed by atoms with E-state index < -0.39 is 29.4 Å². The van der Waals surface area contributed by atoms with Gasteiger partial charge < -0.3 is 20.4 Å². The molecular weight excluding hydrogens is 376 g/mol. The highest BCUT2D eigenvalue weighted by molar-refractivity contribution is 6.16. The van der Waals surface area contributed by atoms with Crippen LogP contribution >= 0.6 is 0 Å². The Morgan fingerprint density at radius 2 is 0.862 bits per heavy atom. The molecule has 0 spiro atoms. The van der Waals surface area contributed by atoms with Gasteiger partial charge in [-0.05, 0) is 6.42 Å². The average Bonchev–Trinajstić information content (AvgIpc) is 2.64. The molecule has 0 saturated carbocycles. The number of rotatable bonds is 20. The molecule has 170 valence electrons. The topological polar surface area (TPSA) is 132 Å². The number of carboxylic acids is 3. The summed E-state index contributed by atoms with van der Waals surface area (Å²) in [6.07, 6.45) is 15.1. The first-order valence-electron chi connectivity index (χ1n) is 11.2. The van der Waals surface area contributed by atoms with Gasteiger partial charge in [-0.1, -0.05) is 103 Å². The van der Waals surface area contributed by atoms with E-state index in [9.17, 15) is 19.5 Å². The van der Waals surface area contributed by atoms with Gasteiger partial charge in [0.2, 0.25) is 0 Å². The zero-order chi connectivity index (χ0) is 22.1. The van der Waals surface area contributed by atoms with Gasteiger partial charge in [0.25, 0.3) is 5.41 Å². The van der Waals surface area contributed by atoms with Crippen LogP contribution in [0.3, 0.4) is 0 Å². The van der Waals surface area contributed by atoms with E-state index in [2.05, 4.69) is 6.92 Å². The van der Waals surface area contributed by atoms with Crippen LogP contribution in [0.25, 0.3) is 0 Å². The predicted octanol–water partition coefficient (Wildman–Crippen LogP) is 4.85. The summed E-state index contributed by atoms with van der Waals surface area (Å²) >= 11 is 0. The van der Waals surface area contributed by atoms with Gasteiger partial charge in [-0.25, -0.2) is 0 Å². The number of aliphatic hydroxyl groups excluding tert-OH is 1. The van der Waals surface area contributed by atoms with Crippen molar-refractivity contribution in [2.24, 2.45) is 5.41 Å². The number of carboxylic acid groups (broad SMARTS) is 3. The van der Waals surface area contributed by atoms with Crippen LogP contribution in [0.1, 0.15) is 110 Å². The maximum absolute atomic E-state index is 11.2. The summed E-state index contributed by atoms with van der Waals surface area (Å²) in [5.41, 5.74) is -3.20. The Morgan fingerprint density at radius 1 is 0.586 bits per heavy atom. The van der Waals surface area contributed by atoms with E-state index >= 15 is 0 Å². The van der Waals surface area contributed by atoms with Crippen molar-refractivity contribution in [1.29, 1.82) is 0 Å². The lowest BCUT2D eigenvalue weighted by Gasteiger charge is -2.25. The third-order valence-electron chi connectivity index (χ3n) is 5.59. The molecule has 0 aliphatic rings. The van der Waals surface area contributed by atoms with Crippen molar-refractivity contribution in [3.8, 4) is 0 Å². The first kappa shape index (κ1) is 27.4. The van der Waals surface area contributed by atoms with Crippen LogP contribution in [-0.2, 0) is 14.4 Å². The van der Waals surface area contributed by atoms with Crippen LogP contribution < -0.4 is 0 Å². The summed E-state index contributed by atoms with van der Waals surface area (Å²) in [5, 5.41) is 37.0. The van der Waals surface area contributed by atoms with Crippen molar-refractivity contribution in [3.63, 3.8) is 0 Å². The summed E-state index contributed by atoms with van der Waals surface area (Å²) in [5.74, 6) is -6.15. The first-order valence-corrected chi connectivity index (χ1v) is 11.2. The monoisotopic (exact) mass is 416 g/mol. The highest BCUT2D eigenvalue weighted by Crippen LogP contribution is 2.28. The molecule has 0 aliphatic heterocycles. The second-order valence-corrected chi connectivity index (χ2v) is 7.98. The number of carbonyl (C=O) groups is 3. The highest BCUT2D eigenvalue weighted by atomic mass is 16.4. The van der Waals surface area contributed by atoms with E-state index in [4.69, 9.17) is 15.3 Å². The highest BCUT2D eigenvalue weighted by Gasteiger charge is 2.59. The molecule has 0 rings (SSSR count). The smallest absolute Gasteiger partial charge is 0.335 e. The molecule has 0 radical (unpaired) electrons. The quantitative estimate of drug-likeness (QED) is 0.165. The molecular formula is C22H40O7. The lowest BCUT2D eigenvalue weighted by Crippen LogP contribution is -2.54. The maximum atomic E-state index is 11.2. The van der Waals surface area contributed by atoms with E-state index in [-0.39, 0.29) is 6.42 Å². The zero-order valence-electron chi connectivity index (χ0n) is 17.9. The second kappa shape index (κ2) is 16.2. The lowest BCUT2D eigenvalue weighted by molar-refractivity contribution is -0.185. The normalized spacial score (nSPS) is 12.6. The molecule has 0 saturated heterocycles. The summed E-state index contributed by atoms with van der Waals surface area (Å²) in [4.78, 5) is 33.6. The minimum atomic E-state index is -3.20. The lowest BCUT2D eigenvalue weighted by atomic mass is 9.79. The van der Waals surface area contributed by atoms with Crippen molar-refractivity contribution in [2.45, 2.75) is 116 Å². The molecule has 0 bridgehead atoms. The van der Waals surface area contributed by atoms with Gasteiger partial charge >= 0.3 is 17.9 Å². The van der Waals surface area contributed by atoms with E-state index in [0.29, 0.717) is 12.8 Å². The van der Waals surface area contributed by atoms with E-state index in [1.165, 1.54) is 64.2 Å². The van der Waals surface area contributed by atoms with Crippen LogP contribution in [0.4, 0.5) is 0 Å². The Kier molecular flexibility index (Phi) is 15.3. The van der Waals surface area contributed by atoms with Gasteiger partial charge in [0, 0.05) is 0 Å². The SMILES string of the molecule is CCCCCCCCCCCCCCCCCC(O)C(C(=O)O)(C(=O)O)C(=O)O. The molecule has 0 aromatic heterocycles. The van der Waals surface area contributed by atoms with Gasteiger partial charge in [0.05, 0.1) is 6.10 Å². The van der Waals surface area contributed by atoms with Crippen molar-refractivity contribution >= 4 is 17.9 Å². The molecule has 1 atom stereocenters. The van der Waals surface area contributed by atoms with Crippen LogP contribution in [0.15, 0.2) is 0 Å². The molecule has 0 heterocycles. The Bertz CT molecular complexity index is 440. The largest absolute Gasteiger partial charge is 0.480 e. The number of hydrogen-bond donors (Lipinski definition) is 4. The van der Waals surface area contributed by atoms with Gasteiger partial charge in [-0.2, -0.15) is 0 Å². The summed E-state index contributed by atoms with van der Waals surface area (Å²) < 4.78 is 0. The van der Waals surface area contributed by atoms with Crippen LogP contribution in [-0.4, -0.2) is 44.4 Å². The molecule has 0 aliphatic carbocycles. The van der Waals surface area contributed by atoms with Crippen LogP contribution in [0.2, 0.25) is 0 Å². The van der Waals surface area contributed by atoms with E-state index in [1.54, 1.807) is 0 Å². The molecule has 0 amide bonds. The molecule has 0 aromatic rings. The maximum Gasteiger partial charge on any atom is 0.335 e. The molecule has 0 fully saturated rings. The van der Waals surface area contributed by atoms with Gasteiger partial charge in [-0.3, -0.25) is 14.4 Å². The van der Waals surface area contributed by atoms with E-state index in [0.717, 1.165) is 19.3 Å². The minimum absolute atomic E-state index is 0.164. The average molecular weight is 417 g/mol. The van der Waals surface area contributed by atoms with Crippen LogP contribution in [0.5, 0.6) is 0 Å². The number of unbranched alkanes of at least 4 members (excludes halogenated alkanes) is 14. The van der Waals surface area contributed by atoms with Gasteiger partial charge in [-0.15, -0.1) is 0 Å².